The Morgan fingerprint density at radius 2 is 0.692 bits per heavy atom. The summed E-state index contributed by atoms with van der Waals surface area (Å²) >= 11 is 0. The normalized spacial score (nSPS) is 11.0. The largest absolute Gasteiger partial charge is 0.478 e. The molecule has 12 N–H and O–H groups in total. The lowest BCUT2D eigenvalue weighted by Gasteiger charge is -2.15. The van der Waals surface area contributed by atoms with Crippen LogP contribution in [0.5, 0.6) is 0 Å². The third kappa shape index (κ3) is 9.37. The van der Waals surface area contributed by atoms with Crippen LogP contribution in [0.1, 0.15) is 97.7 Å². The first-order valence-electron chi connectivity index (χ1n) is 14.8. The Bertz CT molecular complexity index is 2040. The van der Waals surface area contributed by atoms with Crippen molar-refractivity contribution in [1.29, 1.82) is 0 Å². The van der Waals surface area contributed by atoms with Gasteiger partial charge in [0.25, 0.3) is 23.6 Å². The van der Waals surface area contributed by atoms with Gasteiger partial charge in [-0.25, -0.2) is 9.59 Å². The fraction of sp³-hybridized carbons (Fsp3) is 0.118. The zero-order valence-electron chi connectivity index (χ0n) is 26.7. The van der Waals surface area contributed by atoms with E-state index in [0.29, 0.717) is 0 Å². The van der Waals surface area contributed by atoms with Gasteiger partial charge in [0.2, 0.25) is 0 Å². The van der Waals surface area contributed by atoms with Crippen LogP contribution in [0.3, 0.4) is 0 Å². The number of amides is 4. The quantitative estimate of drug-likeness (QED) is 0.0915. The van der Waals surface area contributed by atoms with Gasteiger partial charge < -0.3 is 62.1 Å². The Morgan fingerprint density at radius 1 is 0.404 bits per heavy atom. The van der Waals surface area contributed by atoms with Crippen molar-refractivity contribution in [3.05, 3.63) is 123 Å². The number of aliphatic hydroxyl groups is 6. The number of carbonyl (C=O) groups is 6. The summed E-state index contributed by atoms with van der Waals surface area (Å²) in [5, 5.41) is 86.2. The smallest absolute Gasteiger partial charge is 0.335 e. The first-order chi connectivity index (χ1) is 24.4. The van der Waals surface area contributed by atoms with Crippen LogP contribution in [0, 0.1) is 0 Å². The summed E-state index contributed by atoms with van der Waals surface area (Å²) in [5.74, 6) is -6.48. The highest BCUT2D eigenvalue weighted by Crippen LogP contribution is 2.25. The van der Waals surface area contributed by atoms with Crippen molar-refractivity contribution < 1.29 is 69.6 Å². The summed E-state index contributed by atoms with van der Waals surface area (Å²) in [6, 6.07) is 12.8. The molecule has 0 unspecified atom stereocenters. The van der Waals surface area contributed by atoms with Crippen LogP contribution in [0.25, 0.3) is 0 Å². The molecule has 0 radical (unpaired) electrons. The van der Waals surface area contributed by atoms with Crippen molar-refractivity contribution in [3.63, 3.8) is 0 Å². The highest BCUT2D eigenvalue weighted by molar-refractivity contribution is 6.11. The van der Waals surface area contributed by atoms with Crippen molar-refractivity contribution in [1.82, 2.24) is 5.32 Å². The Kier molecular flexibility index (Phi) is 11.8. The molecule has 4 aromatic carbocycles. The van der Waals surface area contributed by atoms with Crippen molar-refractivity contribution in [2.24, 2.45) is 0 Å². The number of rotatable bonds is 12. The van der Waals surface area contributed by atoms with Crippen molar-refractivity contribution in [2.75, 3.05) is 23.0 Å². The monoisotopic (exact) mass is 718 g/mol. The molecule has 18 heteroatoms. The molecule has 0 aromatic heterocycles. The second kappa shape index (κ2) is 16.0. The fourth-order valence-electron chi connectivity index (χ4n) is 4.77. The zero-order chi connectivity index (χ0) is 38.4. The van der Waals surface area contributed by atoms with E-state index in [1.54, 1.807) is 0 Å². The third-order valence-corrected chi connectivity index (χ3v) is 7.24. The molecule has 0 aliphatic heterocycles. The standard InChI is InChI=1S/C34H30N4O14/c1-35-26(39)16-3-17(29(42)38-25-12-21(33(49)50)7-22(13-25)34(51)52)9-23(8-16)36-27(40)14-2-15(5-18(4-14)30(43)44)28(41)37-24-10-19(31(45)46)6-20(11-24)32(47)48/h2-13,30,33-34,43-44,49-52H,1H3,(H,35,39)(H,36,40)(H,37,41)(H,38,42)(H,45,46)(H,47,48). The molecule has 4 amide bonds. The minimum Gasteiger partial charge on any atom is -0.478 e. The van der Waals surface area contributed by atoms with E-state index < -0.39 is 65.6 Å². The number of carboxylic acids is 2. The molecule has 0 saturated carbocycles. The number of anilines is 3. The first kappa shape index (κ1) is 38.3. The minimum atomic E-state index is -2.18. The van der Waals surface area contributed by atoms with E-state index in [2.05, 4.69) is 21.3 Å². The summed E-state index contributed by atoms with van der Waals surface area (Å²) in [6.45, 7) is 0. The van der Waals surface area contributed by atoms with E-state index >= 15 is 0 Å². The van der Waals surface area contributed by atoms with E-state index in [1.165, 1.54) is 13.1 Å². The molecular formula is C34H30N4O14. The summed E-state index contributed by atoms with van der Waals surface area (Å²) in [6.07, 6.45) is -6.24. The molecule has 0 bridgehead atoms. The molecule has 4 aromatic rings. The Labute approximate surface area is 292 Å². The zero-order valence-corrected chi connectivity index (χ0v) is 26.7. The number of hydrogen-bond acceptors (Lipinski definition) is 12. The van der Waals surface area contributed by atoms with Gasteiger partial charge >= 0.3 is 11.9 Å². The predicted molar refractivity (Wildman–Crippen MR) is 178 cm³/mol. The molecular weight excluding hydrogens is 688 g/mol. The van der Waals surface area contributed by atoms with Crippen molar-refractivity contribution >= 4 is 52.6 Å². The van der Waals surface area contributed by atoms with Gasteiger partial charge in [-0.15, -0.1) is 0 Å². The molecule has 0 fully saturated rings. The fourth-order valence-corrected chi connectivity index (χ4v) is 4.77. The van der Waals surface area contributed by atoms with Gasteiger partial charge in [-0.05, 0) is 72.8 Å². The molecule has 0 saturated heterocycles. The maximum atomic E-state index is 13.5. The number of carboxylic acid groups (broad SMARTS) is 2. The van der Waals surface area contributed by atoms with Gasteiger partial charge in [0, 0.05) is 63.1 Å². The van der Waals surface area contributed by atoms with Crippen LogP contribution in [0.2, 0.25) is 0 Å². The van der Waals surface area contributed by atoms with Crippen LogP contribution in [0.4, 0.5) is 17.1 Å². The summed E-state index contributed by atoms with van der Waals surface area (Å²) in [4.78, 5) is 75.4. The molecule has 0 spiro atoms. The maximum Gasteiger partial charge on any atom is 0.335 e. The molecule has 0 atom stereocenters. The van der Waals surface area contributed by atoms with Crippen LogP contribution < -0.4 is 21.3 Å². The Balaban J connectivity index is 1.67. The molecule has 18 nitrogen and oxygen atoms in total. The van der Waals surface area contributed by atoms with E-state index in [9.17, 15) is 69.6 Å². The second-order valence-corrected chi connectivity index (χ2v) is 11.0. The SMILES string of the molecule is CNC(=O)c1cc(NC(=O)c2cc(C(=O)Nc3cc(C(=O)O)cc(C(=O)O)c3)cc(C(O)O)c2)cc(C(=O)Nc2cc(C(O)O)cc(C(O)O)c2)c1. The molecule has 270 valence electrons. The van der Waals surface area contributed by atoms with Crippen LogP contribution in [-0.4, -0.2) is 83.5 Å². The lowest BCUT2D eigenvalue weighted by Crippen LogP contribution is -2.21. The topological polar surface area (TPSA) is 312 Å². The van der Waals surface area contributed by atoms with Gasteiger partial charge in [0.1, 0.15) is 0 Å². The minimum absolute atomic E-state index is 0.0892. The summed E-state index contributed by atoms with van der Waals surface area (Å²) in [5.41, 5.74) is -3.04. The van der Waals surface area contributed by atoms with E-state index in [1.807, 2.05) is 0 Å². The number of carbonyl (C=O) groups excluding carboxylic acids is 4. The Morgan fingerprint density at radius 3 is 1.04 bits per heavy atom. The number of hydrogen-bond donors (Lipinski definition) is 12. The highest BCUT2D eigenvalue weighted by atomic mass is 16.5. The summed E-state index contributed by atoms with van der Waals surface area (Å²) < 4.78 is 0. The van der Waals surface area contributed by atoms with Gasteiger partial charge in [0.15, 0.2) is 18.9 Å². The van der Waals surface area contributed by atoms with Crippen LogP contribution in [0.15, 0.2) is 72.8 Å². The van der Waals surface area contributed by atoms with E-state index in [-0.39, 0.29) is 56.0 Å². The van der Waals surface area contributed by atoms with Gasteiger partial charge in [-0.2, -0.15) is 0 Å². The van der Waals surface area contributed by atoms with Crippen molar-refractivity contribution in [2.45, 2.75) is 18.9 Å². The number of nitrogens with one attached hydrogen (secondary N) is 4. The molecule has 0 aliphatic rings. The van der Waals surface area contributed by atoms with Crippen LogP contribution >= 0.6 is 0 Å². The number of benzene rings is 4. The second-order valence-electron chi connectivity index (χ2n) is 11.0. The average molecular weight is 719 g/mol. The Hall–Kier alpha value is -6.54. The average Bonchev–Trinajstić information content (AvgIpc) is 3.10. The molecule has 52 heavy (non-hydrogen) atoms. The van der Waals surface area contributed by atoms with Gasteiger partial charge in [-0.3, -0.25) is 19.2 Å². The number of aliphatic hydroxyl groups excluding tert-OH is 3. The molecule has 0 aliphatic carbocycles. The predicted octanol–water partition coefficient (Wildman–Crippen LogP) is 1.15. The van der Waals surface area contributed by atoms with Gasteiger partial charge in [-0.1, -0.05) is 0 Å². The van der Waals surface area contributed by atoms with E-state index in [0.717, 1.165) is 66.7 Å². The summed E-state index contributed by atoms with van der Waals surface area (Å²) in [7, 11) is 1.30. The molecule has 0 heterocycles. The van der Waals surface area contributed by atoms with Gasteiger partial charge in [0.05, 0.1) is 11.1 Å². The highest BCUT2D eigenvalue weighted by Gasteiger charge is 2.20. The lowest BCUT2D eigenvalue weighted by atomic mass is 10.0. The lowest BCUT2D eigenvalue weighted by molar-refractivity contribution is -0.0476. The maximum absolute atomic E-state index is 13.5. The first-order valence-corrected chi connectivity index (χ1v) is 14.8. The third-order valence-electron chi connectivity index (χ3n) is 7.24. The van der Waals surface area contributed by atoms with Crippen molar-refractivity contribution in [3.8, 4) is 0 Å². The van der Waals surface area contributed by atoms with E-state index in [4.69, 9.17) is 0 Å². The number of aromatic carboxylic acids is 2. The van der Waals surface area contributed by atoms with Crippen LogP contribution in [-0.2, 0) is 0 Å². The molecule has 4 rings (SSSR count).